The second-order valence-electron chi connectivity index (χ2n) is 3.97. The van der Waals surface area contributed by atoms with E-state index in [1.165, 1.54) is 29.8 Å². The van der Waals surface area contributed by atoms with Crippen molar-refractivity contribution >= 4 is 11.6 Å². The number of rotatable bonds is 5. The molecule has 3 nitrogen and oxygen atoms in total. The molecule has 4 heteroatoms. The van der Waals surface area contributed by atoms with Crippen LogP contribution in [0.5, 0.6) is 0 Å². The first kappa shape index (κ1) is 13.4. The summed E-state index contributed by atoms with van der Waals surface area (Å²) in [6.07, 6.45) is 2.01. The molecule has 0 saturated carbocycles. The maximum Gasteiger partial charge on any atom is 0.238 e. The lowest BCUT2D eigenvalue weighted by Crippen LogP contribution is -2.28. The van der Waals surface area contributed by atoms with Gasteiger partial charge in [-0.3, -0.25) is 4.79 Å². The molecule has 0 atom stereocenters. The van der Waals surface area contributed by atoms with Gasteiger partial charge in [0.15, 0.2) is 0 Å². The van der Waals surface area contributed by atoms with E-state index in [0.717, 1.165) is 0 Å². The van der Waals surface area contributed by atoms with Gasteiger partial charge >= 0.3 is 0 Å². The number of nitrogens with one attached hydrogen (secondary N) is 2. The van der Waals surface area contributed by atoms with Crippen LogP contribution in [0.2, 0.25) is 0 Å². The Morgan fingerprint density at radius 2 is 1.94 bits per heavy atom. The van der Waals surface area contributed by atoms with Crippen LogP contribution in [-0.4, -0.2) is 19.0 Å². The molecule has 1 rings (SSSR count). The fourth-order valence-electron chi connectivity index (χ4n) is 1.20. The van der Waals surface area contributed by atoms with E-state index < -0.39 is 0 Å². The first-order chi connectivity index (χ1) is 8.08. The highest BCUT2D eigenvalue weighted by atomic mass is 19.1. The smallest absolute Gasteiger partial charge is 0.238 e. The van der Waals surface area contributed by atoms with E-state index in [1.54, 1.807) is 0 Å². The fraction of sp³-hybridized carbons (Fsp3) is 0.308. The lowest BCUT2D eigenvalue weighted by Gasteiger charge is -2.05. The lowest BCUT2D eigenvalue weighted by atomic mass is 10.3. The average Bonchev–Trinajstić information content (AvgIpc) is 2.27. The zero-order valence-corrected chi connectivity index (χ0v) is 10.1. The summed E-state index contributed by atoms with van der Waals surface area (Å²) in [5, 5.41) is 5.65. The summed E-state index contributed by atoms with van der Waals surface area (Å²) in [5.41, 5.74) is 1.80. The second-order valence-corrected chi connectivity index (χ2v) is 3.97. The SMILES string of the molecule is CC(C)=CCNCC(=O)Nc1ccc(F)cc1. The van der Waals surface area contributed by atoms with Gasteiger partial charge in [-0.2, -0.15) is 0 Å². The van der Waals surface area contributed by atoms with Crippen LogP contribution in [-0.2, 0) is 4.79 Å². The van der Waals surface area contributed by atoms with Crippen molar-refractivity contribution in [3.63, 3.8) is 0 Å². The summed E-state index contributed by atoms with van der Waals surface area (Å²) < 4.78 is 12.6. The van der Waals surface area contributed by atoms with Gasteiger partial charge in [0.05, 0.1) is 6.54 Å². The molecule has 92 valence electrons. The van der Waals surface area contributed by atoms with Gasteiger partial charge in [-0.15, -0.1) is 0 Å². The van der Waals surface area contributed by atoms with Crippen LogP contribution >= 0.6 is 0 Å². The molecule has 0 saturated heterocycles. The van der Waals surface area contributed by atoms with Crippen LogP contribution in [0.4, 0.5) is 10.1 Å². The quantitative estimate of drug-likeness (QED) is 0.608. The lowest BCUT2D eigenvalue weighted by molar-refractivity contribution is -0.115. The second kappa shape index (κ2) is 6.81. The highest BCUT2D eigenvalue weighted by Crippen LogP contribution is 2.07. The van der Waals surface area contributed by atoms with Gasteiger partial charge in [0.2, 0.25) is 5.91 Å². The van der Waals surface area contributed by atoms with Crippen LogP contribution in [0.25, 0.3) is 0 Å². The fourth-order valence-corrected chi connectivity index (χ4v) is 1.20. The van der Waals surface area contributed by atoms with Gasteiger partial charge in [0, 0.05) is 12.2 Å². The zero-order chi connectivity index (χ0) is 12.7. The van der Waals surface area contributed by atoms with Crippen LogP contribution in [0.15, 0.2) is 35.9 Å². The number of benzene rings is 1. The Kier molecular flexibility index (Phi) is 5.36. The van der Waals surface area contributed by atoms with Gasteiger partial charge in [0.25, 0.3) is 0 Å². The minimum Gasteiger partial charge on any atom is -0.325 e. The van der Waals surface area contributed by atoms with Crippen molar-refractivity contribution in [1.82, 2.24) is 5.32 Å². The van der Waals surface area contributed by atoms with Gasteiger partial charge in [-0.25, -0.2) is 4.39 Å². The van der Waals surface area contributed by atoms with Crippen LogP contribution < -0.4 is 10.6 Å². The molecule has 0 bridgehead atoms. The Labute approximate surface area is 101 Å². The van der Waals surface area contributed by atoms with Gasteiger partial charge in [0.1, 0.15) is 5.82 Å². The molecule has 0 aliphatic heterocycles. The largest absolute Gasteiger partial charge is 0.325 e. The van der Waals surface area contributed by atoms with Crippen molar-refractivity contribution in [1.29, 1.82) is 0 Å². The Bertz CT molecular complexity index is 394. The highest BCUT2D eigenvalue weighted by Gasteiger charge is 2.00. The van der Waals surface area contributed by atoms with Gasteiger partial charge in [-0.1, -0.05) is 11.6 Å². The van der Waals surface area contributed by atoms with E-state index >= 15 is 0 Å². The third-order valence-corrected chi connectivity index (χ3v) is 2.07. The number of carbonyl (C=O) groups excluding carboxylic acids is 1. The molecule has 0 aliphatic carbocycles. The first-order valence-electron chi connectivity index (χ1n) is 5.47. The van der Waals surface area contributed by atoms with Crippen LogP contribution in [0.1, 0.15) is 13.8 Å². The molecule has 0 heterocycles. The molecule has 1 aromatic rings. The number of anilines is 1. The summed E-state index contributed by atoms with van der Waals surface area (Å²) in [6, 6.07) is 5.69. The Balaban J connectivity index is 2.30. The van der Waals surface area contributed by atoms with Crippen LogP contribution in [0.3, 0.4) is 0 Å². The molecule has 1 amide bonds. The number of halogens is 1. The molecule has 0 aliphatic rings. The number of hydrogen-bond acceptors (Lipinski definition) is 2. The van der Waals surface area contributed by atoms with Crippen molar-refractivity contribution < 1.29 is 9.18 Å². The third kappa shape index (κ3) is 5.82. The summed E-state index contributed by atoms with van der Waals surface area (Å²) in [5.74, 6) is -0.455. The normalized spacial score (nSPS) is 9.82. The van der Waals surface area contributed by atoms with Crippen LogP contribution in [0, 0.1) is 5.82 Å². The van der Waals surface area contributed by atoms with Crippen molar-refractivity contribution in [2.45, 2.75) is 13.8 Å². The van der Waals surface area contributed by atoms with E-state index in [-0.39, 0.29) is 18.3 Å². The number of amides is 1. The molecule has 0 aromatic heterocycles. The number of hydrogen-bond donors (Lipinski definition) is 2. The molecule has 0 fully saturated rings. The molecule has 0 radical (unpaired) electrons. The Hall–Kier alpha value is -1.68. The number of carbonyl (C=O) groups is 1. The first-order valence-corrected chi connectivity index (χ1v) is 5.47. The highest BCUT2D eigenvalue weighted by molar-refractivity contribution is 5.92. The molecule has 2 N–H and O–H groups in total. The standard InChI is InChI=1S/C13H17FN2O/c1-10(2)7-8-15-9-13(17)16-12-5-3-11(14)4-6-12/h3-7,15H,8-9H2,1-2H3,(H,16,17). The summed E-state index contributed by atoms with van der Waals surface area (Å²) in [4.78, 5) is 11.5. The van der Waals surface area contributed by atoms with Crippen molar-refractivity contribution in [3.05, 3.63) is 41.7 Å². The van der Waals surface area contributed by atoms with E-state index in [0.29, 0.717) is 12.2 Å². The maximum absolute atomic E-state index is 12.6. The Morgan fingerprint density at radius 1 is 1.29 bits per heavy atom. The summed E-state index contributed by atoms with van der Waals surface area (Å²) >= 11 is 0. The van der Waals surface area contributed by atoms with Crippen molar-refractivity contribution in [2.75, 3.05) is 18.4 Å². The molecule has 1 aromatic carbocycles. The molecule has 0 unspecified atom stereocenters. The molecular formula is C13H17FN2O. The van der Waals surface area contributed by atoms with Crippen molar-refractivity contribution in [3.8, 4) is 0 Å². The summed E-state index contributed by atoms with van der Waals surface area (Å²) in [7, 11) is 0. The van der Waals surface area contributed by atoms with Gasteiger partial charge in [-0.05, 0) is 38.1 Å². The monoisotopic (exact) mass is 236 g/mol. The van der Waals surface area contributed by atoms with Crippen molar-refractivity contribution in [2.24, 2.45) is 0 Å². The molecule has 0 spiro atoms. The van der Waals surface area contributed by atoms with E-state index in [2.05, 4.69) is 10.6 Å². The maximum atomic E-state index is 12.6. The Morgan fingerprint density at radius 3 is 2.53 bits per heavy atom. The minimum atomic E-state index is -0.315. The predicted molar refractivity (Wildman–Crippen MR) is 67.3 cm³/mol. The van der Waals surface area contributed by atoms with E-state index in [1.807, 2.05) is 19.9 Å². The average molecular weight is 236 g/mol. The molecule has 17 heavy (non-hydrogen) atoms. The predicted octanol–water partition coefficient (Wildman–Crippen LogP) is 2.32. The van der Waals surface area contributed by atoms with Gasteiger partial charge < -0.3 is 10.6 Å². The third-order valence-electron chi connectivity index (χ3n) is 2.07. The summed E-state index contributed by atoms with van der Waals surface area (Å²) in [6.45, 7) is 4.90. The zero-order valence-electron chi connectivity index (χ0n) is 10.1. The van der Waals surface area contributed by atoms with E-state index in [9.17, 15) is 9.18 Å². The number of allylic oxidation sites excluding steroid dienone is 1. The topological polar surface area (TPSA) is 41.1 Å². The molecular weight excluding hydrogens is 219 g/mol. The minimum absolute atomic E-state index is 0.140. The van der Waals surface area contributed by atoms with E-state index in [4.69, 9.17) is 0 Å².